The second-order valence-corrected chi connectivity index (χ2v) is 7.69. The van der Waals surface area contributed by atoms with E-state index in [1.807, 2.05) is 0 Å². The van der Waals surface area contributed by atoms with E-state index in [1.54, 1.807) is 24.9 Å². The van der Waals surface area contributed by atoms with Crippen molar-refractivity contribution in [3.8, 4) is 0 Å². The molecule has 1 saturated heterocycles. The first-order valence-electron chi connectivity index (χ1n) is 8.06. The average molecular weight is 382 g/mol. The van der Waals surface area contributed by atoms with Crippen molar-refractivity contribution in [2.24, 2.45) is 0 Å². The van der Waals surface area contributed by atoms with E-state index in [1.165, 1.54) is 25.3 Å². The smallest absolute Gasteiger partial charge is 0.338 e. The summed E-state index contributed by atoms with van der Waals surface area (Å²) in [7, 11) is -2.29. The van der Waals surface area contributed by atoms with Gasteiger partial charge in [0.05, 0.1) is 17.9 Å². The van der Waals surface area contributed by atoms with Crippen molar-refractivity contribution < 1.29 is 27.1 Å². The fourth-order valence-corrected chi connectivity index (χ4v) is 4.58. The Kier molecular flexibility index (Phi) is 4.66. The average Bonchev–Trinajstić information content (AvgIpc) is 2.57. The van der Waals surface area contributed by atoms with Gasteiger partial charge in [0.2, 0.25) is 0 Å². The highest BCUT2D eigenvalue weighted by Gasteiger charge is 2.42. The van der Waals surface area contributed by atoms with Crippen LogP contribution in [0.25, 0.3) is 0 Å². The summed E-state index contributed by atoms with van der Waals surface area (Å²) < 4.78 is 52.1. The summed E-state index contributed by atoms with van der Waals surface area (Å²) in [6.45, 7) is 3.84. The second-order valence-electron chi connectivity index (χ2n) is 5.91. The number of nitrogens with zero attached hydrogens (tertiary/aromatic N) is 2. The third kappa shape index (κ3) is 3.03. The lowest BCUT2D eigenvalue weighted by Gasteiger charge is -2.38. The van der Waals surface area contributed by atoms with Gasteiger partial charge in [0.1, 0.15) is 16.5 Å². The molecule has 0 N–H and O–H groups in total. The maximum absolute atomic E-state index is 14.6. The van der Waals surface area contributed by atoms with Gasteiger partial charge in [-0.05, 0) is 38.1 Å². The molecular formula is C17H19FN2O5S. The van der Waals surface area contributed by atoms with Crippen LogP contribution in [-0.2, 0) is 19.5 Å². The van der Waals surface area contributed by atoms with Crippen LogP contribution in [0.3, 0.4) is 0 Å². The molecule has 2 aliphatic rings. The lowest BCUT2D eigenvalue weighted by molar-refractivity contribution is 0.0526. The van der Waals surface area contributed by atoms with Crippen molar-refractivity contribution in [3.05, 3.63) is 52.5 Å². The second kappa shape index (κ2) is 6.64. The monoisotopic (exact) mass is 382 g/mol. The lowest BCUT2D eigenvalue weighted by Crippen LogP contribution is -2.47. The molecule has 0 radical (unpaired) electrons. The van der Waals surface area contributed by atoms with Crippen LogP contribution in [0.1, 0.15) is 24.2 Å². The van der Waals surface area contributed by atoms with E-state index in [0.29, 0.717) is 6.54 Å². The number of benzene rings is 1. The van der Waals surface area contributed by atoms with Gasteiger partial charge in [0.15, 0.2) is 6.23 Å². The molecule has 1 aromatic carbocycles. The topological polar surface area (TPSA) is 76.2 Å². The first kappa shape index (κ1) is 18.2. The molecule has 1 fully saturated rings. The standard InChI is InChI=1S/C17H19FN2O5S/c1-4-24-17(21)12-5-6-14(13(18)9-12)20-11(2)25-15-7-8-19(3)10-16(15)26(20,22)23/h5-7,9-11H,4,8H2,1-3H3. The summed E-state index contributed by atoms with van der Waals surface area (Å²) in [6, 6.07) is 3.52. The van der Waals surface area contributed by atoms with Crippen LogP contribution in [0.5, 0.6) is 0 Å². The zero-order valence-corrected chi connectivity index (χ0v) is 15.4. The highest BCUT2D eigenvalue weighted by Crippen LogP contribution is 2.38. The molecule has 3 rings (SSSR count). The molecular weight excluding hydrogens is 363 g/mol. The van der Waals surface area contributed by atoms with Crippen molar-refractivity contribution >= 4 is 21.7 Å². The van der Waals surface area contributed by atoms with Crippen molar-refractivity contribution in [1.29, 1.82) is 0 Å². The Balaban J connectivity index is 2.03. The van der Waals surface area contributed by atoms with E-state index in [0.717, 1.165) is 10.4 Å². The lowest BCUT2D eigenvalue weighted by atomic mass is 10.2. The Hall–Kier alpha value is -2.55. The third-order valence-electron chi connectivity index (χ3n) is 4.01. The van der Waals surface area contributed by atoms with Crippen LogP contribution in [0.2, 0.25) is 0 Å². The van der Waals surface area contributed by atoms with Crippen LogP contribution >= 0.6 is 0 Å². The summed E-state index contributed by atoms with van der Waals surface area (Å²) in [6.07, 6.45) is 2.18. The minimum Gasteiger partial charge on any atom is -0.469 e. The fourth-order valence-electron chi connectivity index (χ4n) is 2.83. The molecule has 0 aromatic heterocycles. The largest absolute Gasteiger partial charge is 0.469 e. The number of halogens is 1. The molecule has 1 unspecified atom stereocenters. The van der Waals surface area contributed by atoms with Crippen LogP contribution in [0, 0.1) is 5.82 Å². The highest BCUT2D eigenvalue weighted by atomic mass is 32.2. The number of ether oxygens (including phenoxy) is 2. The normalized spacial score (nSPS) is 21.3. The quantitative estimate of drug-likeness (QED) is 0.746. The Morgan fingerprint density at radius 1 is 1.42 bits per heavy atom. The van der Waals surface area contributed by atoms with E-state index in [4.69, 9.17) is 9.47 Å². The molecule has 0 saturated carbocycles. The van der Waals surface area contributed by atoms with Gasteiger partial charge in [0, 0.05) is 19.8 Å². The Labute approximate surface area is 151 Å². The van der Waals surface area contributed by atoms with Crippen molar-refractivity contribution in [1.82, 2.24) is 4.90 Å². The number of esters is 1. The fraction of sp³-hybridized carbons (Fsp3) is 0.353. The number of rotatable bonds is 3. The van der Waals surface area contributed by atoms with E-state index >= 15 is 0 Å². The molecule has 7 nitrogen and oxygen atoms in total. The molecule has 26 heavy (non-hydrogen) atoms. The van der Waals surface area contributed by atoms with Gasteiger partial charge in [-0.15, -0.1) is 0 Å². The molecule has 140 valence electrons. The molecule has 2 aliphatic heterocycles. The van der Waals surface area contributed by atoms with E-state index in [2.05, 4.69) is 0 Å². The Bertz CT molecular complexity index is 910. The van der Waals surface area contributed by atoms with Gasteiger partial charge >= 0.3 is 5.97 Å². The van der Waals surface area contributed by atoms with Gasteiger partial charge in [-0.3, -0.25) is 0 Å². The van der Waals surface area contributed by atoms with Crippen molar-refractivity contribution in [2.45, 2.75) is 20.1 Å². The first-order chi connectivity index (χ1) is 12.3. The van der Waals surface area contributed by atoms with Crippen LogP contribution in [0.4, 0.5) is 10.1 Å². The Morgan fingerprint density at radius 2 is 2.15 bits per heavy atom. The predicted octanol–water partition coefficient (Wildman–Crippen LogP) is 2.19. The maximum atomic E-state index is 14.6. The summed E-state index contributed by atoms with van der Waals surface area (Å²) >= 11 is 0. The summed E-state index contributed by atoms with van der Waals surface area (Å²) in [5.74, 6) is -1.27. The van der Waals surface area contributed by atoms with Gasteiger partial charge in [0.25, 0.3) is 10.0 Å². The number of anilines is 1. The zero-order valence-electron chi connectivity index (χ0n) is 14.6. The highest BCUT2D eigenvalue weighted by molar-refractivity contribution is 7.96. The third-order valence-corrected chi connectivity index (χ3v) is 5.88. The maximum Gasteiger partial charge on any atom is 0.338 e. The number of carbonyl (C=O) groups is 1. The SMILES string of the molecule is CCOC(=O)c1ccc(N2C(C)OC3=CCN(C)C=C3S2(=O)=O)c(F)c1. The molecule has 0 amide bonds. The first-order valence-corrected chi connectivity index (χ1v) is 9.50. The van der Waals surface area contributed by atoms with Crippen LogP contribution in [0.15, 0.2) is 41.1 Å². The molecule has 0 bridgehead atoms. The molecule has 0 aliphatic carbocycles. The van der Waals surface area contributed by atoms with Gasteiger partial charge in [-0.25, -0.2) is 21.9 Å². The van der Waals surface area contributed by atoms with Gasteiger partial charge in [-0.1, -0.05) is 0 Å². The summed E-state index contributed by atoms with van der Waals surface area (Å²) in [4.78, 5) is 13.4. The van der Waals surface area contributed by atoms with Gasteiger partial charge in [-0.2, -0.15) is 0 Å². The number of sulfonamides is 1. The van der Waals surface area contributed by atoms with Crippen LogP contribution in [-0.4, -0.2) is 45.7 Å². The van der Waals surface area contributed by atoms with E-state index in [9.17, 15) is 17.6 Å². The van der Waals surface area contributed by atoms with Crippen molar-refractivity contribution in [2.75, 3.05) is 24.5 Å². The van der Waals surface area contributed by atoms with E-state index in [-0.39, 0.29) is 28.5 Å². The molecule has 2 heterocycles. The molecule has 0 spiro atoms. The van der Waals surface area contributed by atoms with Crippen LogP contribution < -0.4 is 4.31 Å². The molecule has 9 heteroatoms. The Morgan fingerprint density at radius 3 is 2.81 bits per heavy atom. The van der Waals surface area contributed by atoms with Crippen molar-refractivity contribution in [3.63, 3.8) is 0 Å². The summed E-state index contributed by atoms with van der Waals surface area (Å²) in [5, 5.41) is 0. The van der Waals surface area contributed by atoms with E-state index < -0.39 is 28.0 Å². The predicted molar refractivity (Wildman–Crippen MR) is 93.1 cm³/mol. The number of fused-ring (bicyclic) bond motifs is 1. The summed E-state index contributed by atoms with van der Waals surface area (Å²) in [5.41, 5.74) is -0.188. The number of carbonyl (C=O) groups excluding carboxylic acids is 1. The molecule has 1 atom stereocenters. The minimum atomic E-state index is -4.02. The number of hydrogen-bond acceptors (Lipinski definition) is 6. The molecule has 1 aromatic rings. The zero-order chi connectivity index (χ0) is 19.1. The number of likely N-dealkylation sites (N-methyl/N-ethyl adjacent to an activating group) is 1. The number of hydrogen-bond donors (Lipinski definition) is 0. The minimum absolute atomic E-state index is 0.00767. The van der Waals surface area contributed by atoms with Gasteiger partial charge < -0.3 is 14.4 Å².